The Morgan fingerprint density at radius 3 is 1.89 bits per heavy atom. The molecule has 0 aromatic rings. The first-order chi connectivity index (χ1) is 3.39. The maximum atomic E-state index is 10.4. The summed E-state index contributed by atoms with van der Waals surface area (Å²) >= 11 is 0. The quantitative estimate of drug-likeness (QED) is 0.542. The van der Waals surface area contributed by atoms with Gasteiger partial charge in [0.2, 0.25) is 0 Å². The van der Waals surface area contributed by atoms with E-state index in [1.54, 1.807) is 0 Å². The second-order valence-corrected chi connectivity index (χ2v) is 1.71. The molecule has 1 heterocycles. The number of rotatable bonds is 0. The van der Waals surface area contributed by atoms with Crippen LogP contribution in [0.5, 0.6) is 0 Å². The third-order valence-electron chi connectivity index (χ3n) is 1.10. The number of nitrogens with zero attached hydrogens (tertiary/aromatic N) is 1. The Balaban J connectivity index is 0. The Kier molecular flexibility index (Phi) is 9.45. The monoisotopic (exact) mass is 202 g/mol. The molecule has 0 aromatic carbocycles. The van der Waals surface area contributed by atoms with Crippen molar-refractivity contribution in [2.24, 2.45) is 0 Å². The average molecular weight is 202 g/mol. The second-order valence-electron chi connectivity index (χ2n) is 1.71. The van der Waals surface area contributed by atoms with E-state index in [0.29, 0.717) is 18.6 Å². The van der Waals surface area contributed by atoms with Crippen molar-refractivity contribution in [3.05, 3.63) is 12.7 Å². The third-order valence-corrected chi connectivity index (χ3v) is 1.10. The molecule has 0 atom stereocenters. The van der Waals surface area contributed by atoms with E-state index in [0.717, 1.165) is 13.1 Å². The Bertz CT molecular complexity index is 77.1. The maximum Gasteiger partial charge on any atom is 0.129 e. The number of hydrogen-bond acceptors (Lipinski definition) is 1. The molecule has 2 nitrogen and oxygen atoms in total. The molecule has 1 fully saturated rings. The first-order valence-electron chi connectivity index (χ1n) is 2.54. The molecule has 1 rings (SSSR count). The van der Waals surface area contributed by atoms with Gasteiger partial charge in [-0.2, -0.15) is 0 Å². The Labute approximate surface area is 81.7 Å². The molecule has 1 saturated heterocycles. The first kappa shape index (κ1) is 12.4. The molecule has 1 aliphatic heterocycles. The van der Waals surface area contributed by atoms with Crippen LogP contribution in [0.15, 0.2) is 0 Å². The van der Waals surface area contributed by atoms with Crippen molar-refractivity contribution in [1.29, 1.82) is 0 Å². The molecule has 1 aliphatic rings. The van der Waals surface area contributed by atoms with Crippen molar-refractivity contribution in [3.8, 4) is 0 Å². The van der Waals surface area contributed by atoms with Gasteiger partial charge in [-0.25, -0.2) is 0 Å². The van der Waals surface area contributed by atoms with Gasteiger partial charge in [-0.3, -0.25) is 4.79 Å². The van der Waals surface area contributed by atoms with Crippen LogP contribution in [0.25, 0.3) is 5.32 Å². The van der Waals surface area contributed by atoms with Gasteiger partial charge in [0.1, 0.15) is 5.78 Å². The zero-order valence-corrected chi connectivity index (χ0v) is 8.60. The van der Waals surface area contributed by atoms with Gasteiger partial charge < -0.3 is 12.7 Å². The Hall–Kier alpha value is 0.734. The topological polar surface area (TPSA) is 31.2 Å². The molecule has 0 bridgehead atoms. The van der Waals surface area contributed by atoms with E-state index in [2.05, 4.69) is 5.32 Å². The predicted molar refractivity (Wildman–Crippen MR) is 33.7 cm³/mol. The van der Waals surface area contributed by atoms with Crippen LogP contribution < -0.4 is 0 Å². The van der Waals surface area contributed by atoms with E-state index in [9.17, 15) is 4.79 Å². The molecule has 1 radical (unpaired) electrons. The minimum atomic E-state index is 0. The van der Waals surface area contributed by atoms with Crippen molar-refractivity contribution >= 4 is 5.78 Å². The van der Waals surface area contributed by atoms with Crippen LogP contribution in [0.1, 0.15) is 12.8 Å². The fraction of sp³-hybridized carbons (Fsp3) is 0.667. The summed E-state index contributed by atoms with van der Waals surface area (Å²) in [5.41, 5.74) is 0. The van der Waals surface area contributed by atoms with E-state index < -0.39 is 0 Å². The fourth-order valence-corrected chi connectivity index (χ4v) is 0.644. The van der Waals surface area contributed by atoms with Crippen LogP contribution in [0, 0.1) is 7.43 Å². The van der Waals surface area contributed by atoms with Crippen LogP contribution in [-0.2, 0) is 37.5 Å². The standard InChI is InChI=1S/C5H8NO.CH3.Y/c7-5-1-3-6-4-2-5;;/h1-4H2;1H3;/q2*-1;. The summed E-state index contributed by atoms with van der Waals surface area (Å²) in [6.07, 6.45) is 1.36. The number of carbonyl (C=O) groups excluding carboxylic acids is 1. The summed E-state index contributed by atoms with van der Waals surface area (Å²) in [4.78, 5) is 10.4. The molecule has 0 spiro atoms. The zero-order chi connectivity index (χ0) is 5.11. The Morgan fingerprint density at radius 1 is 1.22 bits per heavy atom. The Morgan fingerprint density at radius 2 is 1.67 bits per heavy atom. The molecule has 0 amide bonds. The zero-order valence-electron chi connectivity index (χ0n) is 5.76. The van der Waals surface area contributed by atoms with Crippen LogP contribution in [0.4, 0.5) is 0 Å². The number of ketones is 1. The van der Waals surface area contributed by atoms with Gasteiger partial charge in [0.05, 0.1) is 0 Å². The maximum absolute atomic E-state index is 10.4. The minimum Gasteiger partial charge on any atom is -0.662 e. The molecule has 51 valence electrons. The smallest absolute Gasteiger partial charge is 0.129 e. The molecular weight excluding hydrogens is 191 g/mol. The van der Waals surface area contributed by atoms with Crippen LogP contribution in [0.2, 0.25) is 0 Å². The van der Waals surface area contributed by atoms with Crippen LogP contribution in [0.3, 0.4) is 0 Å². The van der Waals surface area contributed by atoms with Crippen molar-refractivity contribution in [2.45, 2.75) is 12.8 Å². The van der Waals surface area contributed by atoms with Crippen molar-refractivity contribution in [3.63, 3.8) is 0 Å². The van der Waals surface area contributed by atoms with Crippen LogP contribution in [-0.4, -0.2) is 18.9 Å². The summed E-state index contributed by atoms with van der Waals surface area (Å²) in [6.45, 7) is 1.53. The number of piperidine rings is 1. The van der Waals surface area contributed by atoms with Crippen molar-refractivity contribution < 1.29 is 37.5 Å². The number of Topliss-reactive ketones (excluding diaryl/α,β-unsaturated/α-hetero) is 1. The van der Waals surface area contributed by atoms with Gasteiger partial charge in [0.15, 0.2) is 0 Å². The van der Waals surface area contributed by atoms with E-state index in [1.807, 2.05) is 0 Å². The molecule has 0 unspecified atom stereocenters. The molecule has 0 N–H and O–H groups in total. The summed E-state index contributed by atoms with van der Waals surface area (Å²) in [5, 5.41) is 4.01. The van der Waals surface area contributed by atoms with E-state index in [-0.39, 0.29) is 40.1 Å². The average Bonchev–Trinajstić information content (AvgIpc) is 1.69. The molecule has 0 aromatic heterocycles. The summed E-state index contributed by atoms with van der Waals surface area (Å²) in [6, 6.07) is 0. The second kappa shape index (κ2) is 6.85. The van der Waals surface area contributed by atoms with E-state index in [1.165, 1.54) is 0 Å². The van der Waals surface area contributed by atoms with E-state index >= 15 is 0 Å². The van der Waals surface area contributed by atoms with Gasteiger partial charge >= 0.3 is 0 Å². The third kappa shape index (κ3) is 5.19. The predicted octanol–water partition coefficient (Wildman–Crippen LogP) is 1.17. The number of carbonyl (C=O) groups is 1. The fourth-order valence-electron chi connectivity index (χ4n) is 0.644. The largest absolute Gasteiger partial charge is 0.662 e. The molecule has 9 heavy (non-hydrogen) atoms. The summed E-state index contributed by atoms with van der Waals surface area (Å²) < 4.78 is 0. The number of hydrogen-bond donors (Lipinski definition) is 0. The van der Waals surface area contributed by atoms with E-state index in [4.69, 9.17) is 0 Å². The SMILES string of the molecule is O=C1CC[N-]CC1.[CH3-].[Y]. The molecule has 0 aliphatic carbocycles. The van der Waals surface area contributed by atoms with Crippen molar-refractivity contribution in [2.75, 3.05) is 13.1 Å². The van der Waals surface area contributed by atoms with Gasteiger partial charge in [0.25, 0.3) is 0 Å². The summed E-state index contributed by atoms with van der Waals surface area (Å²) in [5.74, 6) is 0.370. The van der Waals surface area contributed by atoms with Crippen molar-refractivity contribution in [1.82, 2.24) is 0 Å². The van der Waals surface area contributed by atoms with Crippen LogP contribution >= 0.6 is 0 Å². The molecular formula is C6H11NOY-2. The van der Waals surface area contributed by atoms with Gasteiger partial charge in [-0.15, -0.1) is 13.1 Å². The van der Waals surface area contributed by atoms with Gasteiger partial charge in [-0.1, -0.05) is 0 Å². The molecule has 0 saturated carbocycles. The van der Waals surface area contributed by atoms with Gasteiger partial charge in [-0.05, 0) is 12.8 Å². The minimum absolute atomic E-state index is 0. The van der Waals surface area contributed by atoms with Gasteiger partial charge in [0, 0.05) is 32.7 Å². The summed E-state index contributed by atoms with van der Waals surface area (Å²) in [7, 11) is 0. The molecule has 3 heteroatoms. The first-order valence-corrected chi connectivity index (χ1v) is 2.54. The normalized spacial score (nSPS) is 17.6.